The van der Waals surface area contributed by atoms with Crippen LogP contribution in [0.25, 0.3) is 0 Å². The van der Waals surface area contributed by atoms with Gasteiger partial charge < -0.3 is 14.7 Å². The van der Waals surface area contributed by atoms with E-state index < -0.39 is 5.97 Å². The third-order valence-corrected chi connectivity index (χ3v) is 4.51. The minimum absolute atomic E-state index is 0.0600. The predicted molar refractivity (Wildman–Crippen MR) is 87.1 cm³/mol. The smallest absolute Gasteiger partial charge is 0.323 e. The molecule has 1 atom stereocenters. The van der Waals surface area contributed by atoms with Crippen LogP contribution >= 0.6 is 0 Å². The number of nitrogens with zero attached hydrogens (tertiary/aromatic N) is 1. The Hall–Kier alpha value is -1.88. The summed E-state index contributed by atoms with van der Waals surface area (Å²) in [5.74, 6) is -0.904. The van der Waals surface area contributed by atoms with Crippen LogP contribution in [-0.2, 0) is 20.7 Å². The zero-order valence-corrected chi connectivity index (χ0v) is 13.6. The Kier molecular flexibility index (Phi) is 6.59. The maximum atomic E-state index is 12.7. The molecule has 0 spiro atoms. The van der Waals surface area contributed by atoms with Crippen molar-refractivity contribution in [3.05, 3.63) is 35.9 Å². The number of carbonyl (C=O) groups is 2. The van der Waals surface area contributed by atoms with Crippen molar-refractivity contribution in [1.82, 2.24) is 4.90 Å². The van der Waals surface area contributed by atoms with E-state index in [-0.39, 0.29) is 24.3 Å². The van der Waals surface area contributed by atoms with Crippen LogP contribution in [0.3, 0.4) is 0 Å². The second-order valence-corrected chi connectivity index (χ2v) is 6.13. The van der Waals surface area contributed by atoms with Crippen molar-refractivity contribution in [1.29, 1.82) is 0 Å². The molecule has 1 aliphatic heterocycles. The fourth-order valence-electron chi connectivity index (χ4n) is 3.04. The molecule has 0 aromatic heterocycles. The van der Waals surface area contributed by atoms with Crippen LogP contribution in [0.5, 0.6) is 0 Å². The molecule has 1 unspecified atom stereocenters. The van der Waals surface area contributed by atoms with Crippen molar-refractivity contribution in [3.63, 3.8) is 0 Å². The summed E-state index contributed by atoms with van der Waals surface area (Å²) in [6.07, 6.45) is 2.40. The number of aliphatic carboxylic acids is 1. The number of hydrogen-bond acceptors (Lipinski definition) is 3. The molecular weight excluding hydrogens is 294 g/mol. The Morgan fingerprint density at radius 1 is 1.26 bits per heavy atom. The first-order valence-corrected chi connectivity index (χ1v) is 8.20. The molecule has 1 fully saturated rings. The van der Waals surface area contributed by atoms with E-state index in [2.05, 4.69) is 0 Å². The SMILES string of the molecule is CC(C(=O)N(CCc1ccccc1)CC(=O)O)C1CCOCC1. The van der Waals surface area contributed by atoms with Gasteiger partial charge in [0.1, 0.15) is 6.54 Å². The molecule has 5 nitrogen and oxygen atoms in total. The topological polar surface area (TPSA) is 66.8 Å². The van der Waals surface area contributed by atoms with Crippen LogP contribution in [0.15, 0.2) is 30.3 Å². The highest BCUT2D eigenvalue weighted by atomic mass is 16.5. The summed E-state index contributed by atoms with van der Waals surface area (Å²) >= 11 is 0. The van der Waals surface area contributed by atoms with Gasteiger partial charge in [-0.2, -0.15) is 0 Å². The van der Waals surface area contributed by atoms with Gasteiger partial charge in [-0.1, -0.05) is 37.3 Å². The van der Waals surface area contributed by atoms with Gasteiger partial charge in [0.05, 0.1) is 0 Å². The van der Waals surface area contributed by atoms with E-state index in [1.165, 1.54) is 4.90 Å². The molecule has 126 valence electrons. The molecule has 1 saturated heterocycles. The van der Waals surface area contributed by atoms with E-state index in [9.17, 15) is 9.59 Å². The van der Waals surface area contributed by atoms with E-state index in [0.29, 0.717) is 26.2 Å². The highest BCUT2D eigenvalue weighted by Crippen LogP contribution is 2.25. The predicted octanol–water partition coefficient (Wildman–Crippen LogP) is 2.21. The molecular formula is C18H25NO4. The highest BCUT2D eigenvalue weighted by molar-refractivity contribution is 5.83. The van der Waals surface area contributed by atoms with Gasteiger partial charge in [-0.25, -0.2) is 0 Å². The van der Waals surface area contributed by atoms with E-state index in [4.69, 9.17) is 9.84 Å². The van der Waals surface area contributed by atoms with Crippen LogP contribution in [-0.4, -0.2) is 48.2 Å². The zero-order chi connectivity index (χ0) is 16.7. The number of ether oxygens (including phenoxy) is 1. The quantitative estimate of drug-likeness (QED) is 0.837. The fraction of sp³-hybridized carbons (Fsp3) is 0.556. The van der Waals surface area contributed by atoms with Crippen molar-refractivity contribution in [3.8, 4) is 0 Å². The van der Waals surface area contributed by atoms with Crippen LogP contribution in [0.1, 0.15) is 25.3 Å². The molecule has 0 radical (unpaired) electrons. The fourth-order valence-corrected chi connectivity index (χ4v) is 3.04. The number of amides is 1. The van der Waals surface area contributed by atoms with E-state index in [1.807, 2.05) is 37.3 Å². The summed E-state index contributed by atoms with van der Waals surface area (Å²) < 4.78 is 5.34. The molecule has 23 heavy (non-hydrogen) atoms. The summed E-state index contributed by atoms with van der Waals surface area (Å²) in [6.45, 7) is 3.48. The Balaban J connectivity index is 1.98. The zero-order valence-electron chi connectivity index (χ0n) is 13.6. The van der Waals surface area contributed by atoms with E-state index >= 15 is 0 Å². The lowest BCUT2D eigenvalue weighted by Gasteiger charge is -2.31. The largest absolute Gasteiger partial charge is 0.480 e. The van der Waals surface area contributed by atoms with Gasteiger partial charge in [0.2, 0.25) is 5.91 Å². The van der Waals surface area contributed by atoms with Gasteiger partial charge in [0.15, 0.2) is 0 Å². The Bertz CT molecular complexity index is 511. The molecule has 1 N–H and O–H groups in total. The van der Waals surface area contributed by atoms with Gasteiger partial charge in [-0.3, -0.25) is 9.59 Å². The van der Waals surface area contributed by atoms with Crippen LogP contribution in [0.2, 0.25) is 0 Å². The van der Waals surface area contributed by atoms with Crippen LogP contribution < -0.4 is 0 Å². The third kappa shape index (κ3) is 5.36. The second kappa shape index (κ2) is 8.67. The maximum absolute atomic E-state index is 12.7. The Morgan fingerprint density at radius 3 is 2.52 bits per heavy atom. The first-order chi connectivity index (χ1) is 11.1. The van der Waals surface area contributed by atoms with E-state index in [0.717, 1.165) is 18.4 Å². The Labute approximate surface area is 137 Å². The average molecular weight is 319 g/mol. The molecule has 2 rings (SSSR count). The van der Waals surface area contributed by atoms with Gasteiger partial charge in [0.25, 0.3) is 0 Å². The number of benzene rings is 1. The van der Waals surface area contributed by atoms with Gasteiger partial charge >= 0.3 is 5.97 Å². The highest BCUT2D eigenvalue weighted by Gasteiger charge is 2.30. The van der Waals surface area contributed by atoms with Crippen molar-refractivity contribution in [2.75, 3.05) is 26.3 Å². The van der Waals surface area contributed by atoms with Crippen molar-refractivity contribution < 1.29 is 19.4 Å². The first-order valence-electron chi connectivity index (χ1n) is 8.20. The van der Waals surface area contributed by atoms with Crippen molar-refractivity contribution in [2.45, 2.75) is 26.2 Å². The first kappa shape index (κ1) is 17.5. The molecule has 0 bridgehead atoms. The summed E-state index contributed by atoms with van der Waals surface area (Å²) in [5.41, 5.74) is 1.11. The van der Waals surface area contributed by atoms with Crippen molar-refractivity contribution in [2.24, 2.45) is 11.8 Å². The number of carboxylic acids is 1. The lowest BCUT2D eigenvalue weighted by molar-refractivity contribution is -0.147. The summed E-state index contributed by atoms with van der Waals surface area (Å²) in [4.78, 5) is 25.3. The summed E-state index contributed by atoms with van der Waals surface area (Å²) in [6, 6.07) is 9.82. The Morgan fingerprint density at radius 2 is 1.91 bits per heavy atom. The lowest BCUT2D eigenvalue weighted by Crippen LogP contribution is -2.43. The summed E-state index contributed by atoms with van der Waals surface area (Å²) in [5, 5.41) is 9.11. The molecule has 1 amide bonds. The van der Waals surface area contributed by atoms with Crippen LogP contribution in [0.4, 0.5) is 0 Å². The normalized spacial score (nSPS) is 16.7. The molecule has 1 aromatic rings. The monoisotopic (exact) mass is 319 g/mol. The molecule has 1 aromatic carbocycles. The van der Waals surface area contributed by atoms with Gasteiger partial charge in [-0.15, -0.1) is 0 Å². The lowest BCUT2D eigenvalue weighted by atomic mass is 9.86. The number of hydrogen-bond donors (Lipinski definition) is 1. The number of carboxylic acid groups (broad SMARTS) is 1. The molecule has 5 heteroatoms. The standard InChI is InChI=1S/C18H25NO4/c1-14(16-8-11-23-12-9-16)18(22)19(13-17(20)21)10-7-15-5-3-2-4-6-15/h2-6,14,16H,7-13H2,1H3,(H,20,21). The third-order valence-electron chi connectivity index (χ3n) is 4.51. The minimum atomic E-state index is -0.967. The second-order valence-electron chi connectivity index (χ2n) is 6.13. The molecule has 1 aliphatic rings. The van der Waals surface area contributed by atoms with Gasteiger partial charge in [-0.05, 0) is 30.7 Å². The number of carbonyl (C=O) groups excluding carboxylic acids is 1. The molecule has 0 aliphatic carbocycles. The molecule has 0 saturated carbocycles. The maximum Gasteiger partial charge on any atom is 0.323 e. The molecule has 1 heterocycles. The summed E-state index contributed by atoms with van der Waals surface area (Å²) in [7, 11) is 0. The number of rotatable bonds is 7. The van der Waals surface area contributed by atoms with Crippen molar-refractivity contribution >= 4 is 11.9 Å². The van der Waals surface area contributed by atoms with Gasteiger partial charge in [0, 0.05) is 25.7 Å². The minimum Gasteiger partial charge on any atom is -0.480 e. The van der Waals surface area contributed by atoms with Crippen LogP contribution in [0, 0.1) is 11.8 Å². The average Bonchev–Trinajstić information content (AvgIpc) is 2.58. The van der Waals surface area contributed by atoms with E-state index in [1.54, 1.807) is 0 Å².